The number of halogens is 1. The van der Waals surface area contributed by atoms with Crippen LogP contribution in [0.3, 0.4) is 0 Å². The highest BCUT2D eigenvalue weighted by molar-refractivity contribution is 5.92. The van der Waals surface area contributed by atoms with Crippen molar-refractivity contribution in [3.8, 4) is 11.5 Å². The Morgan fingerprint density at radius 3 is 2.42 bits per heavy atom. The molecule has 0 saturated heterocycles. The van der Waals surface area contributed by atoms with Gasteiger partial charge in [0.2, 0.25) is 5.91 Å². The van der Waals surface area contributed by atoms with Gasteiger partial charge in [-0.2, -0.15) is 0 Å². The molecule has 3 rings (SSSR count). The summed E-state index contributed by atoms with van der Waals surface area (Å²) < 4.78 is 24.6. The number of methoxy groups -OCH3 is 1. The first kappa shape index (κ1) is 22.2. The second-order valence-electron chi connectivity index (χ2n) is 7.44. The molecular weight excluding hydrogens is 395 g/mol. The molecule has 3 aromatic carbocycles. The molecule has 1 amide bonds. The lowest BCUT2D eigenvalue weighted by atomic mass is 10.1. The minimum Gasteiger partial charge on any atom is -0.493 e. The molecule has 0 bridgehead atoms. The number of benzene rings is 3. The predicted octanol–water partition coefficient (Wildman–Crippen LogP) is 5.62. The Labute approximate surface area is 182 Å². The number of rotatable bonds is 9. The van der Waals surface area contributed by atoms with E-state index in [1.807, 2.05) is 56.3 Å². The minimum absolute atomic E-state index is 0.0265. The molecule has 31 heavy (non-hydrogen) atoms. The van der Waals surface area contributed by atoms with Crippen LogP contribution in [0.25, 0.3) is 0 Å². The van der Waals surface area contributed by atoms with E-state index in [1.54, 1.807) is 19.2 Å². The zero-order chi connectivity index (χ0) is 22.2. The van der Waals surface area contributed by atoms with Crippen molar-refractivity contribution in [2.45, 2.75) is 27.0 Å². The van der Waals surface area contributed by atoms with Gasteiger partial charge in [-0.25, -0.2) is 4.39 Å². The van der Waals surface area contributed by atoms with Crippen LogP contribution in [-0.2, 0) is 17.9 Å². The van der Waals surface area contributed by atoms with Gasteiger partial charge < -0.3 is 20.1 Å². The molecule has 0 fully saturated rings. The van der Waals surface area contributed by atoms with Gasteiger partial charge in [0.15, 0.2) is 11.5 Å². The summed E-state index contributed by atoms with van der Waals surface area (Å²) in [6.45, 7) is 4.50. The fourth-order valence-electron chi connectivity index (χ4n) is 2.95. The molecule has 6 heteroatoms. The van der Waals surface area contributed by atoms with Gasteiger partial charge in [-0.05, 0) is 42.0 Å². The van der Waals surface area contributed by atoms with Crippen LogP contribution in [0, 0.1) is 11.7 Å². The van der Waals surface area contributed by atoms with E-state index in [2.05, 4.69) is 10.6 Å². The minimum atomic E-state index is -0.280. The summed E-state index contributed by atoms with van der Waals surface area (Å²) in [7, 11) is 1.60. The summed E-state index contributed by atoms with van der Waals surface area (Å²) >= 11 is 0. The average molecular weight is 423 g/mol. The molecule has 0 aliphatic carbocycles. The van der Waals surface area contributed by atoms with Gasteiger partial charge in [-0.15, -0.1) is 0 Å². The topological polar surface area (TPSA) is 59.6 Å². The molecular formula is C25H27FN2O3. The lowest BCUT2D eigenvalue weighted by Gasteiger charge is -2.16. The third kappa shape index (κ3) is 6.22. The van der Waals surface area contributed by atoms with E-state index in [0.717, 1.165) is 22.5 Å². The second-order valence-corrected chi connectivity index (χ2v) is 7.44. The Bertz CT molecular complexity index is 1020. The van der Waals surface area contributed by atoms with Crippen LogP contribution >= 0.6 is 0 Å². The first-order valence-corrected chi connectivity index (χ1v) is 10.1. The normalized spacial score (nSPS) is 10.6. The summed E-state index contributed by atoms with van der Waals surface area (Å²) in [6, 6.07) is 19.5. The first-order valence-electron chi connectivity index (χ1n) is 10.1. The van der Waals surface area contributed by atoms with Crippen LogP contribution < -0.4 is 20.1 Å². The number of amides is 1. The Balaban J connectivity index is 1.71. The standard InChI is InChI=1S/C25H27FN2O3/c1-17(2)25(29)28-22-8-5-7-21(14-22)27-15-19-6-4-9-23(30-3)24(19)31-16-18-10-12-20(26)13-11-18/h4-14,17,27H,15-16H2,1-3H3,(H,28,29). The molecule has 0 aromatic heterocycles. The van der Waals surface area contributed by atoms with Crippen LogP contribution in [0.15, 0.2) is 66.7 Å². The summed E-state index contributed by atoms with van der Waals surface area (Å²) in [6.07, 6.45) is 0. The van der Waals surface area contributed by atoms with E-state index in [4.69, 9.17) is 9.47 Å². The fraction of sp³-hybridized carbons (Fsp3) is 0.240. The molecule has 5 nitrogen and oxygen atoms in total. The van der Waals surface area contributed by atoms with Gasteiger partial charge in [0.05, 0.1) is 7.11 Å². The van der Waals surface area contributed by atoms with E-state index >= 15 is 0 Å². The maximum atomic E-state index is 13.1. The van der Waals surface area contributed by atoms with Crippen molar-refractivity contribution in [2.75, 3.05) is 17.7 Å². The molecule has 0 aliphatic heterocycles. The molecule has 0 saturated carbocycles. The van der Waals surface area contributed by atoms with Crippen molar-refractivity contribution in [1.29, 1.82) is 0 Å². The van der Waals surface area contributed by atoms with E-state index < -0.39 is 0 Å². The molecule has 2 N–H and O–H groups in total. The van der Waals surface area contributed by atoms with Crippen LogP contribution in [0.2, 0.25) is 0 Å². The van der Waals surface area contributed by atoms with Crippen molar-refractivity contribution in [2.24, 2.45) is 5.92 Å². The first-order chi connectivity index (χ1) is 15.0. The zero-order valence-corrected chi connectivity index (χ0v) is 17.9. The van der Waals surface area contributed by atoms with Crippen molar-refractivity contribution < 1.29 is 18.7 Å². The molecule has 0 radical (unpaired) electrons. The van der Waals surface area contributed by atoms with Gasteiger partial charge in [0.25, 0.3) is 0 Å². The van der Waals surface area contributed by atoms with Crippen molar-refractivity contribution >= 4 is 17.3 Å². The van der Waals surface area contributed by atoms with Gasteiger partial charge in [0, 0.05) is 29.4 Å². The number of ether oxygens (including phenoxy) is 2. The Morgan fingerprint density at radius 1 is 1.00 bits per heavy atom. The van der Waals surface area contributed by atoms with E-state index in [0.29, 0.717) is 24.7 Å². The smallest absolute Gasteiger partial charge is 0.226 e. The lowest BCUT2D eigenvalue weighted by Crippen LogP contribution is -2.17. The number of anilines is 2. The molecule has 0 atom stereocenters. The number of hydrogen-bond donors (Lipinski definition) is 2. The van der Waals surface area contributed by atoms with Crippen LogP contribution in [0.4, 0.5) is 15.8 Å². The summed E-state index contributed by atoms with van der Waals surface area (Å²) in [5.41, 5.74) is 3.38. The summed E-state index contributed by atoms with van der Waals surface area (Å²) in [5.74, 6) is 0.860. The highest BCUT2D eigenvalue weighted by Crippen LogP contribution is 2.32. The number of carbonyl (C=O) groups excluding carboxylic acids is 1. The molecule has 0 heterocycles. The van der Waals surface area contributed by atoms with Crippen LogP contribution in [0.5, 0.6) is 11.5 Å². The Kier molecular flexibility index (Phi) is 7.49. The monoisotopic (exact) mass is 422 g/mol. The molecule has 0 spiro atoms. The molecule has 3 aromatic rings. The SMILES string of the molecule is COc1cccc(CNc2cccc(NC(=O)C(C)C)c2)c1OCc1ccc(F)cc1. The van der Waals surface area contributed by atoms with Crippen LogP contribution in [-0.4, -0.2) is 13.0 Å². The largest absolute Gasteiger partial charge is 0.493 e. The van der Waals surface area contributed by atoms with Crippen molar-refractivity contribution in [3.05, 3.63) is 83.7 Å². The van der Waals surface area contributed by atoms with E-state index in [1.165, 1.54) is 12.1 Å². The third-order valence-electron chi connectivity index (χ3n) is 4.71. The fourth-order valence-corrected chi connectivity index (χ4v) is 2.95. The van der Waals surface area contributed by atoms with Gasteiger partial charge in [0.1, 0.15) is 12.4 Å². The summed E-state index contributed by atoms with van der Waals surface area (Å²) in [4.78, 5) is 11.9. The maximum Gasteiger partial charge on any atom is 0.226 e. The summed E-state index contributed by atoms with van der Waals surface area (Å²) in [5, 5.41) is 6.27. The third-order valence-corrected chi connectivity index (χ3v) is 4.71. The second kappa shape index (κ2) is 10.5. The number of hydrogen-bond acceptors (Lipinski definition) is 4. The molecule has 0 unspecified atom stereocenters. The maximum absolute atomic E-state index is 13.1. The highest BCUT2D eigenvalue weighted by Gasteiger charge is 2.12. The quantitative estimate of drug-likeness (QED) is 0.470. The average Bonchev–Trinajstić information content (AvgIpc) is 2.77. The van der Waals surface area contributed by atoms with Crippen molar-refractivity contribution in [3.63, 3.8) is 0 Å². The molecule has 162 valence electrons. The van der Waals surface area contributed by atoms with Gasteiger partial charge in [-0.1, -0.05) is 44.2 Å². The molecule has 0 aliphatic rings. The Hall–Kier alpha value is -3.54. The van der Waals surface area contributed by atoms with Crippen LogP contribution in [0.1, 0.15) is 25.0 Å². The number of carbonyl (C=O) groups is 1. The number of para-hydroxylation sites is 1. The Morgan fingerprint density at radius 2 is 1.71 bits per heavy atom. The van der Waals surface area contributed by atoms with E-state index in [-0.39, 0.29) is 17.6 Å². The zero-order valence-electron chi connectivity index (χ0n) is 17.9. The predicted molar refractivity (Wildman–Crippen MR) is 121 cm³/mol. The van der Waals surface area contributed by atoms with Gasteiger partial charge in [-0.3, -0.25) is 4.79 Å². The highest BCUT2D eigenvalue weighted by atomic mass is 19.1. The number of nitrogens with one attached hydrogen (secondary N) is 2. The lowest BCUT2D eigenvalue weighted by molar-refractivity contribution is -0.118. The van der Waals surface area contributed by atoms with E-state index in [9.17, 15) is 9.18 Å². The van der Waals surface area contributed by atoms with Gasteiger partial charge >= 0.3 is 0 Å². The van der Waals surface area contributed by atoms with Crippen molar-refractivity contribution in [1.82, 2.24) is 0 Å².